The van der Waals surface area contributed by atoms with E-state index in [9.17, 15) is 19.8 Å². The van der Waals surface area contributed by atoms with E-state index in [0.717, 1.165) is 0 Å². The fourth-order valence-corrected chi connectivity index (χ4v) is 2.38. The number of aliphatic carboxylic acids is 1. The molecule has 1 amide bonds. The third kappa shape index (κ3) is 3.61. The number of carboxylic acid groups (broad SMARTS) is 1. The quantitative estimate of drug-likeness (QED) is 0.568. The molecule has 1 atom stereocenters. The maximum Gasteiger partial charge on any atom is 0.345 e. The number of carboxylic acids is 1. The van der Waals surface area contributed by atoms with E-state index in [1.165, 1.54) is 24.3 Å². The van der Waals surface area contributed by atoms with Crippen LogP contribution in [0.25, 0.3) is 0 Å². The first-order valence-electron chi connectivity index (χ1n) is 7.60. The second-order valence-electron chi connectivity index (χ2n) is 5.36. The van der Waals surface area contributed by atoms with Gasteiger partial charge in [0, 0.05) is 17.7 Å². The third-order valence-electron chi connectivity index (χ3n) is 3.71. The average molecular weight is 328 g/mol. The summed E-state index contributed by atoms with van der Waals surface area (Å²) < 4.78 is 0. The Morgan fingerprint density at radius 1 is 1.04 bits per heavy atom. The van der Waals surface area contributed by atoms with Gasteiger partial charge in [-0.15, -0.1) is 0 Å². The summed E-state index contributed by atoms with van der Waals surface area (Å²) in [4.78, 5) is 23.9. The Morgan fingerprint density at radius 2 is 1.71 bits per heavy atom. The van der Waals surface area contributed by atoms with Crippen LogP contribution in [0.15, 0.2) is 54.6 Å². The first kappa shape index (κ1) is 17.7. The second-order valence-corrected chi connectivity index (χ2v) is 5.36. The standard InChI is InChI=1S/C18H20N2O4/c19-10-5-11-20-16(21)13-6-4-9-15(12-13)18(24,17(22)23)14-7-2-1-3-8-14/h1-4,6-9,12,24H,5,10-11,19H2,(H,20,21)(H,22,23). The topological polar surface area (TPSA) is 113 Å². The largest absolute Gasteiger partial charge is 0.479 e. The number of hydrogen-bond acceptors (Lipinski definition) is 4. The monoisotopic (exact) mass is 328 g/mol. The van der Waals surface area contributed by atoms with Crippen LogP contribution in [0.1, 0.15) is 27.9 Å². The smallest absolute Gasteiger partial charge is 0.345 e. The van der Waals surface area contributed by atoms with E-state index in [2.05, 4.69) is 5.32 Å². The van der Waals surface area contributed by atoms with Crippen molar-refractivity contribution in [1.29, 1.82) is 0 Å². The normalized spacial score (nSPS) is 13.1. The summed E-state index contributed by atoms with van der Waals surface area (Å²) in [6.45, 7) is 0.897. The highest BCUT2D eigenvalue weighted by Crippen LogP contribution is 2.30. The predicted molar refractivity (Wildman–Crippen MR) is 89.5 cm³/mol. The maximum absolute atomic E-state index is 12.1. The van der Waals surface area contributed by atoms with Gasteiger partial charge in [0.05, 0.1) is 0 Å². The van der Waals surface area contributed by atoms with E-state index in [-0.39, 0.29) is 22.6 Å². The molecule has 1 unspecified atom stereocenters. The zero-order chi connectivity index (χ0) is 17.6. The van der Waals surface area contributed by atoms with Crippen LogP contribution < -0.4 is 11.1 Å². The lowest BCUT2D eigenvalue weighted by Gasteiger charge is -2.25. The lowest BCUT2D eigenvalue weighted by molar-refractivity contribution is -0.155. The molecule has 0 aromatic heterocycles. The van der Waals surface area contributed by atoms with Gasteiger partial charge in [0.25, 0.3) is 5.91 Å². The number of nitrogens with two attached hydrogens (primary N) is 1. The van der Waals surface area contributed by atoms with Crippen molar-refractivity contribution in [2.45, 2.75) is 12.0 Å². The van der Waals surface area contributed by atoms with E-state index in [0.29, 0.717) is 19.5 Å². The SMILES string of the molecule is NCCCNC(=O)c1cccc(C(O)(C(=O)O)c2ccccc2)c1. The molecule has 0 fully saturated rings. The number of amides is 1. The minimum Gasteiger partial charge on any atom is -0.479 e. The molecule has 0 radical (unpaired) electrons. The number of hydrogen-bond donors (Lipinski definition) is 4. The van der Waals surface area contributed by atoms with Crippen molar-refractivity contribution in [1.82, 2.24) is 5.32 Å². The van der Waals surface area contributed by atoms with Crippen LogP contribution in [0.5, 0.6) is 0 Å². The first-order valence-corrected chi connectivity index (χ1v) is 7.60. The lowest BCUT2D eigenvalue weighted by Crippen LogP contribution is -2.37. The molecule has 0 aliphatic carbocycles. The van der Waals surface area contributed by atoms with Crippen molar-refractivity contribution < 1.29 is 19.8 Å². The summed E-state index contributed by atoms with van der Waals surface area (Å²) in [7, 11) is 0. The predicted octanol–water partition coefficient (Wildman–Crippen LogP) is 1.09. The van der Waals surface area contributed by atoms with Gasteiger partial charge in [0.15, 0.2) is 0 Å². The van der Waals surface area contributed by atoms with Crippen molar-refractivity contribution in [3.63, 3.8) is 0 Å². The van der Waals surface area contributed by atoms with Crippen molar-refractivity contribution in [2.24, 2.45) is 5.73 Å². The molecular weight excluding hydrogens is 308 g/mol. The number of rotatable bonds is 7. The Balaban J connectivity index is 2.37. The van der Waals surface area contributed by atoms with Crippen LogP contribution in [0, 0.1) is 0 Å². The highest BCUT2D eigenvalue weighted by Gasteiger charge is 2.40. The van der Waals surface area contributed by atoms with Gasteiger partial charge in [-0.25, -0.2) is 4.79 Å². The van der Waals surface area contributed by atoms with Crippen LogP contribution >= 0.6 is 0 Å². The second kappa shape index (κ2) is 7.72. The molecule has 24 heavy (non-hydrogen) atoms. The molecule has 0 aliphatic rings. The summed E-state index contributed by atoms with van der Waals surface area (Å²) in [5.74, 6) is -1.75. The van der Waals surface area contributed by atoms with Gasteiger partial charge < -0.3 is 21.3 Å². The van der Waals surface area contributed by atoms with Gasteiger partial charge in [-0.2, -0.15) is 0 Å². The van der Waals surface area contributed by atoms with Gasteiger partial charge in [0.2, 0.25) is 5.60 Å². The molecule has 0 aliphatic heterocycles. The Morgan fingerprint density at radius 3 is 2.33 bits per heavy atom. The van der Waals surface area contributed by atoms with Crippen molar-refractivity contribution >= 4 is 11.9 Å². The Labute approximate surface area is 139 Å². The Hall–Kier alpha value is -2.70. The van der Waals surface area contributed by atoms with Crippen LogP contribution in [-0.4, -0.2) is 35.2 Å². The minimum absolute atomic E-state index is 0.118. The Kier molecular flexibility index (Phi) is 5.68. The van der Waals surface area contributed by atoms with E-state index >= 15 is 0 Å². The molecule has 0 saturated heterocycles. The molecule has 2 aromatic rings. The summed E-state index contributed by atoms with van der Waals surface area (Å²) in [5, 5.41) is 23.1. The number of nitrogens with one attached hydrogen (secondary N) is 1. The third-order valence-corrected chi connectivity index (χ3v) is 3.71. The molecule has 6 heteroatoms. The van der Waals surface area contributed by atoms with Gasteiger partial charge >= 0.3 is 5.97 Å². The molecule has 2 aromatic carbocycles. The molecule has 6 nitrogen and oxygen atoms in total. The lowest BCUT2D eigenvalue weighted by atomic mass is 9.85. The first-order chi connectivity index (χ1) is 11.5. The van der Waals surface area contributed by atoms with Gasteiger partial charge in [-0.05, 0) is 30.7 Å². The van der Waals surface area contributed by atoms with Gasteiger partial charge in [-0.3, -0.25) is 4.79 Å². The van der Waals surface area contributed by atoms with Crippen LogP contribution in [-0.2, 0) is 10.4 Å². The van der Waals surface area contributed by atoms with Crippen LogP contribution in [0.4, 0.5) is 0 Å². The van der Waals surface area contributed by atoms with Crippen LogP contribution in [0.2, 0.25) is 0 Å². The molecule has 2 rings (SSSR count). The van der Waals surface area contributed by atoms with Crippen molar-refractivity contribution in [3.8, 4) is 0 Å². The molecule has 0 heterocycles. The number of carbonyl (C=O) groups is 2. The number of aliphatic hydroxyl groups is 1. The van der Waals surface area contributed by atoms with E-state index in [4.69, 9.17) is 5.73 Å². The van der Waals surface area contributed by atoms with E-state index < -0.39 is 11.6 Å². The number of benzene rings is 2. The van der Waals surface area contributed by atoms with Gasteiger partial charge in [0.1, 0.15) is 0 Å². The molecule has 5 N–H and O–H groups in total. The summed E-state index contributed by atoms with van der Waals surface area (Å²) in [6, 6.07) is 14.1. The molecule has 0 spiro atoms. The van der Waals surface area contributed by atoms with Crippen LogP contribution in [0.3, 0.4) is 0 Å². The Bertz CT molecular complexity index is 718. The van der Waals surface area contributed by atoms with Crippen molar-refractivity contribution in [2.75, 3.05) is 13.1 Å². The fourth-order valence-electron chi connectivity index (χ4n) is 2.38. The van der Waals surface area contributed by atoms with Gasteiger partial charge in [-0.1, -0.05) is 42.5 Å². The zero-order valence-corrected chi connectivity index (χ0v) is 13.1. The molecular formula is C18H20N2O4. The fraction of sp³-hybridized carbons (Fsp3) is 0.222. The zero-order valence-electron chi connectivity index (χ0n) is 13.1. The highest BCUT2D eigenvalue weighted by atomic mass is 16.4. The summed E-state index contributed by atoms with van der Waals surface area (Å²) in [6.07, 6.45) is 0.647. The minimum atomic E-state index is -2.23. The highest BCUT2D eigenvalue weighted by molar-refractivity contribution is 5.95. The van der Waals surface area contributed by atoms with E-state index in [1.807, 2.05) is 0 Å². The molecule has 0 bridgehead atoms. The summed E-state index contributed by atoms with van der Waals surface area (Å²) in [5.41, 5.74) is 3.77. The average Bonchev–Trinajstić information content (AvgIpc) is 2.61. The molecule has 0 saturated carbocycles. The number of carbonyl (C=O) groups excluding carboxylic acids is 1. The van der Waals surface area contributed by atoms with Crippen molar-refractivity contribution in [3.05, 3.63) is 71.3 Å². The van der Waals surface area contributed by atoms with E-state index in [1.54, 1.807) is 30.3 Å². The summed E-state index contributed by atoms with van der Waals surface area (Å²) >= 11 is 0. The maximum atomic E-state index is 12.1. The molecule has 126 valence electrons.